The third-order valence-corrected chi connectivity index (χ3v) is 11.2. The van der Waals surface area contributed by atoms with Crippen LogP contribution in [0.3, 0.4) is 0 Å². The van der Waals surface area contributed by atoms with Crippen LogP contribution in [0.4, 0.5) is 5.69 Å². The molecular formula is C36H49N3O10. The standard InChI is InChI=1S/C36H49N3O10/c1-5-37(6-2)25-11-10-24-20-27(33(43)45-28(24)21-25)32(42)39-18-16-38(17-19-39)29(40)12-13-30(41)46-34-22(3)26-9-7-8-23-14-15-36(4,49-44)48-35(47-34)31(23)26/h10-11,20-23,26,31,34-35,44H,5-9,12-19H2,1-4H3. The summed E-state index contributed by atoms with van der Waals surface area (Å²) in [5.41, 5.74) is 0.635. The Kier molecular flexibility index (Phi) is 10.6. The van der Waals surface area contributed by atoms with Crippen molar-refractivity contribution in [3.63, 3.8) is 0 Å². The highest BCUT2D eigenvalue weighted by molar-refractivity contribution is 5.97. The Bertz CT molecular complexity index is 1580. The van der Waals surface area contributed by atoms with Crippen LogP contribution in [0.25, 0.3) is 11.0 Å². The predicted octanol–water partition coefficient (Wildman–Crippen LogP) is 4.61. The molecule has 0 spiro atoms. The summed E-state index contributed by atoms with van der Waals surface area (Å²) in [4.78, 5) is 62.2. The van der Waals surface area contributed by atoms with Crippen LogP contribution in [0.2, 0.25) is 0 Å². The van der Waals surface area contributed by atoms with E-state index in [0.29, 0.717) is 23.3 Å². The molecule has 1 aromatic carbocycles. The lowest BCUT2D eigenvalue weighted by Crippen LogP contribution is -2.53. The molecule has 0 bridgehead atoms. The Hall–Kier alpha value is -3.52. The van der Waals surface area contributed by atoms with Crippen molar-refractivity contribution in [2.24, 2.45) is 23.7 Å². The molecule has 6 rings (SSSR count). The number of carbonyl (C=O) groups excluding carboxylic acids is 3. The number of esters is 1. The van der Waals surface area contributed by atoms with E-state index in [1.807, 2.05) is 25.1 Å². The number of hydrogen-bond acceptors (Lipinski definition) is 11. The zero-order chi connectivity index (χ0) is 34.9. The molecule has 2 aromatic rings. The van der Waals surface area contributed by atoms with Crippen LogP contribution in [-0.4, -0.2) is 90.5 Å². The van der Waals surface area contributed by atoms with E-state index >= 15 is 0 Å². The SMILES string of the molecule is CCN(CC)c1ccc2cc(C(=O)N3CCN(C(=O)CCC(=O)OC4OC5OC(C)(OO)CCC6CCCC(C4C)C65)CC3)c(=O)oc2c1. The summed E-state index contributed by atoms with van der Waals surface area (Å²) < 4.78 is 23.7. The van der Waals surface area contributed by atoms with E-state index in [1.165, 1.54) is 0 Å². The van der Waals surface area contributed by atoms with Crippen LogP contribution < -0.4 is 10.5 Å². The van der Waals surface area contributed by atoms with Gasteiger partial charge in [-0.3, -0.25) is 14.4 Å². The number of rotatable bonds is 9. The average Bonchev–Trinajstić information content (AvgIpc) is 3.26. The van der Waals surface area contributed by atoms with Crippen molar-refractivity contribution in [1.82, 2.24) is 9.80 Å². The van der Waals surface area contributed by atoms with Crippen LogP contribution >= 0.6 is 0 Å². The number of benzene rings is 1. The summed E-state index contributed by atoms with van der Waals surface area (Å²) >= 11 is 0. The normalized spacial score (nSPS) is 30.0. The average molecular weight is 684 g/mol. The molecule has 3 saturated heterocycles. The first kappa shape index (κ1) is 35.3. The van der Waals surface area contributed by atoms with E-state index in [9.17, 15) is 24.4 Å². The molecule has 1 aromatic heterocycles. The van der Waals surface area contributed by atoms with Crippen molar-refractivity contribution in [2.75, 3.05) is 44.2 Å². The van der Waals surface area contributed by atoms with Crippen molar-refractivity contribution in [3.05, 3.63) is 40.2 Å². The molecule has 4 fully saturated rings. The van der Waals surface area contributed by atoms with Gasteiger partial charge in [-0.2, -0.15) is 0 Å². The van der Waals surface area contributed by atoms with Crippen molar-refractivity contribution in [3.8, 4) is 0 Å². The summed E-state index contributed by atoms with van der Waals surface area (Å²) in [5, 5.41) is 10.2. The lowest BCUT2D eigenvalue weighted by molar-refractivity contribution is -0.442. The van der Waals surface area contributed by atoms with Crippen LogP contribution in [0.15, 0.2) is 33.5 Å². The zero-order valence-corrected chi connectivity index (χ0v) is 28.9. The number of amides is 2. The second-order valence-electron chi connectivity index (χ2n) is 14.1. The van der Waals surface area contributed by atoms with E-state index in [4.69, 9.17) is 23.5 Å². The Labute approximate surface area is 286 Å². The highest BCUT2D eigenvalue weighted by atomic mass is 17.1. The van der Waals surface area contributed by atoms with Gasteiger partial charge in [-0.15, -0.1) is 0 Å². The summed E-state index contributed by atoms with van der Waals surface area (Å²) in [6, 6.07) is 7.18. The molecule has 49 heavy (non-hydrogen) atoms. The van der Waals surface area contributed by atoms with Gasteiger partial charge in [-0.05, 0) is 70.1 Å². The number of piperazine rings is 1. The van der Waals surface area contributed by atoms with Gasteiger partial charge < -0.3 is 33.3 Å². The van der Waals surface area contributed by atoms with Gasteiger partial charge in [-0.25, -0.2) is 14.9 Å². The minimum absolute atomic E-state index is 0.0393. The topological polar surface area (TPSA) is 148 Å². The lowest BCUT2D eigenvalue weighted by atomic mass is 9.65. The van der Waals surface area contributed by atoms with Gasteiger partial charge in [0, 0.05) is 81.1 Å². The second kappa shape index (κ2) is 14.8. The van der Waals surface area contributed by atoms with Gasteiger partial charge in [0.1, 0.15) is 11.1 Å². The molecule has 268 valence electrons. The number of hydrogen-bond donors (Lipinski definition) is 1. The van der Waals surface area contributed by atoms with Crippen LogP contribution in [0.5, 0.6) is 0 Å². The largest absolute Gasteiger partial charge is 0.435 e. The van der Waals surface area contributed by atoms with Gasteiger partial charge in [0.25, 0.3) is 5.91 Å². The minimum Gasteiger partial charge on any atom is -0.435 e. The fraction of sp³-hybridized carbons (Fsp3) is 0.667. The molecule has 1 saturated carbocycles. The van der Waals surface area contributed by atoms with E-state index in [2.05, 4.69) is 18.7 Å². The van der Waals surface area contributed by atoms with Gasteiger partial charge in [-0.1, -0.05) is 13.3 Å². The summed E-state index contributed by atoms with van der Waals surface area (Å²) in [5.74, 6) is -1.68. The van der Waals surface area contributed by atoms with Crippen molar-refractivity contribution >= 4 is 34.4 Å². The molecule has 13 heteroatoms. The fourth-order valence-corrected chi connectivity index (χ4v) is 8.25. The number of ether oxygens (including phenoxy) is 3. The summed E-state index contributed by atoms with van der Waals surface area (Å²) in [7, 11) is 0. The van der Waals surface area contributed by atoms with Crippen LogP contribution in [-0.2, 0) is 28.7 Å². The number of carbonyl (C=O) groups is 3. The Balaban J connectivity index is 1.00. The molecule has 7 unspecified atom stereocenters. The zero-order valence-electron chi connectivity index (χ0n) is 28.9. The molecule has 3 aliphatic heterocycles. The Morgan fingerprint density at radius 2 is 1.76 bits per heavy atom. The molecule has 7 atom stereocenters. The maximum atomic E-state index is 13.3. The van der Waals surface area contributed by atoms with Crippen molar-refractivity contribution in [1.29, 1.82) is 0 Å². The number of nitrogens with zero attached hydrogens (tertiary/aromatic N) is 3. The molecule has 1 N–H and O–H groups in total. The van der Waals surface area contributed by atoms with Crippen LogP contribution in [0, 0.1) is 23.7 Å². The molecule has 1 aliphatic carbocycles. The highest BCUT2D eigenvalue weighted by Crippen LogP contribution is 2.52. The van der Waals surface area contributed by atoms with Gasteiger partial charge in [0.15, 0.2) is 6.29 Å². The predicted molar refractivity (Wildman–Crippen MR) is 178 cm³/mol. The van der Waals surface area contributed by atoms with Crippen LogP contribution in [0.1, 0.15) is 83.0 Å². The van der Waals surface area contributed by atoms with Gasteiger partial charge in [0.2, 0.25) is 18.0 Å². The quantitative estimate of drug-likeness (QED) is 0.171. The third kappa shape index (κ3) is 7.35. The molecule has 0 radical (unpaired) electrons. The maximum Gasteiger partial charge on any atom is 0.349 e. The Morgan fingerprint density at radius 1 is 1.02 bits per heavy atom. The molecule has 13 nitrogen and oxygen atoms in total. The lowest BCUT2D eigenvalue weighted by Gasteiger charge is -2.49. The minimum atomic E-state index is -1.19. The first-order chi connectivity index (χ1) is 23.5. The first-order valence-corrected chi connectivity index (χ1v) is 17.8. The van der Waals surface area contributed by atoms with Crippen molar-refractivity contribution < 1.29 is 43.2 Å². The van der Waals surface area contributed by atoms with E-state index < -0.39 is 35.9 Å². The second-order valence-corrected chi connectivity index (χ2v) is 14.1. The Morgan fingerprint density at radius 3 is 2.47 bits per heavy atom. The monoisotopic (exact) mass is 683 g/mol. The number of fused-ring (bicyclic) bond motifs is 1. The van der Waals surface area contributed by atoms with E-state index in [-0.39, 0.29) is 68.2 Å². The molecule has 4 aliphatic rings. The molecule has 2 amide bonds. The van der Waals surface area contributed by atoms with E-state index in [0.717, 1.165) is 44.5 Å². The molecular weight excluding hydrogens is 634 g/mol. The van der Waals surface area contributed by atoms with Gasteiger partial charge >= 0.3 is 11.6 Å². The number of anilines is 1. The first-order valence-electron chi connectivity index (χ1n) is 17.8. The van der Waals surface area contributed by atoms with Gasteiger partial charge in [0.05, 0.1) is 6.42 Å². The smallest absolute Gasteiger partial charge is 0.349 e. The maximum absolute atomic E-state index is 13.3. The highest BCUT2D eigenvalue weighted by Gasteiger charge is 2.54. The fourth-order valence-electron chi connectivity index (χ4n) is 8.25. The third-order valence-electron chi connectivity index (χ3n) is 11.2. The van der Waals surface area contributed by atoms with Crippen molar-refractivity contribution in [2.45, 2.75) is 91.0 Å². The summed E-state index contributed by atoms with van der Waals surface area (Å²) in [6.45, 7) is 10.5. The van der Waals surface area contributed by atoms with E-state index in [1.54, 1.807) is 22.8 Å². The molecule has 4 heterocycles. The summed E-state index contributed by atoms with van der Waals surface area (Å²) in [6.07, 6.45) is 2.85.